The summed E-state index contributed by atoms with van der Waals surface area (Å²) in [4.78, 5) is 33.3. The lowest BCUT2D eigenvalue weighted by atomic mass is 10.1. The number of amides is 1. The molecule has 3 heterocycles. The predicted octanol–water partition coefficient (Wildman–Crippen LogP) is 3.19. The van der Waals surface area contributed by atoms with Gasteiger partial charge in [0.15, 0.2) is 11.3 Å². The maximum Gasteiger partial charge on any atom is 0.349 e. The van der Waals surface area contributed by atoms with Crippen molar-refractivity contribution in [2.75, 3.05) is 7.11 Å². The van der Waals surface area contributed by atoms with Crippen molar-refractivity contribution in [2.24, 2.45) is 0 Å². The molecule has 144 valence electrons. The number of rotatable bonds is 5. The van der Waals surface area contributed by atoms with Crippen LogP contribution < -0.4 is 15.7 Å². The summed E-state index contributed by atoms with van der Waals surface area (Å²) >= 11 is 0. The van der Waals surface area contributed by atoms with Crippen LogP contribution in [0.3, 0.4) is 0 Å². The number of carbonyl (C=O) groups is 1. The molecule has 7 heteroatoms. The molecule has 0 saturated carbocycles. The van der Waals surface area contributed by atoms with Crippen LogP contribution in [0.4, 0.5) is 0 Å². The van der Waals surface area contributed by atoms with Crippen molar-refractivity contribution >= 4 is 16.9 Å². The van der Waals surface area contributed by atoms with Gasteiger partial charge in [-0.15, -0.1) is 0 Å². The van der Waals surface area contributed by atoms with Crippen LogP contribution in [-0.4, -0.2) is 23.0 Å². The number of aromatic nitrogens is 2. The summed E-state index contributed by atoms with van der Waals surface area (Å²) in [5.74, 6) is -0.0746. The molecule has 0 radical (unpaired) electrons. The van der Waals surface area contributed by atoms with E-state index in [1.807, 2.05) is 18.2 Å². The minimum atomic E-state index is -0.717. The molecule has 0 unspecified atom stereocenters. The van der Waals surface area contributed by atoms with Crippen LogP contribution >= 0.6 is 0 Å². The Hall–Kier alpha value is -4.00. The highest BCUT2D eigenvalue weighted by atomic mass is 16.5. The van der Waals surface area contributed by atoms with Gasteiger partial charge >= 0.3 is 5.63 Å². The van der Waals surface area contributed by atoms with Crippen molar-refractivity contribution in [3.63, 3.8) is 0 Å². The molecule has 0 atom stereocenters. The van der Waals surface area contributed by atoms with Crippen molar-refractivity contribution in [1.29, 1.82) is 0 Å². The highest BCUT2D eigenvalue weighted by Gasteiger charge is 2.15. The summed E-state index contributed by atoms with van der Waals surface area (Å²) in [6, 6.07) is 14.1. The van der Waals surface area contributed by atoms with Crippen LogP contribution in [0.15, 0.2) is 76.3 Å². The molecule has 4 aromatic rings. The lowest BCUT2D eigenvalue weighted by Crippen LogP contribution is -2.27. The second-order valence-corrected chi connectivity index (χ2v) is 6.30. The first kappa shape index (κ1) is 18.4. The van der Waals surface area contributed by atoms with Gasteiger partial charge in [-0.25, -0.2) is 4.79 Å². The Morgan fingerprint density at radius 2 is 2.03 bits per heavy atom. The number of hydrogen-bond donors (Lipinski definition) is 1. The van der Waals surface area contributed by atoms with E-state index in [0.29, 0.717) is 16.7 Å². The van der Waals surface area contributed by atoms with E-state index in [1.54, 1.807) is 42.9 Å². The fourth-order valence-electron chi connectivity index (χ4n) is 2.97. The van der Waals surface area contributed by atoms with Crippen LogP contribution in [0, 0.1) is 0 Å². The first-order valence-corrected chi connectivity index (χ1v) is 8.90. The van der Waals surface area contributed by atoms with Gasteiger partial charge in [-0.3, -0.25) is 14.8 Å². The summed E-state index contributed by atoms with van der Waals surface area (Å²) in [7, 11) is 1.49. The van der Waals surface area contributed by atoms with Gasteiger partial charge in [0.25, 0.3) is 5.91 Å². The van der Waals surface area contributed by atoms with E-state index in [-0.39, 0.29) is 12.1 Å². The predicted molar refractivity (Wildman–Crippen MR) is 108 cm³/mol. The Labute approximate surface area is 166 Å². The zero-order chi connectivity index (χ0) is 20.2. The molecular formula is C22H17N3O4. The molecule has 0 spiro atoms. The molecule has 0 aliphatic carbocycles. The number of carbonyl (C=O) groups excluding carboxylic acids is 1. The van der Waals surface area contributed by atoms with Gasteiger partial charge in [0, 0.05) is 36.1 Å². The Balaban J connectivity index is 1.55. The number of nitrogens with zero attached hydrogens (tertiary/aromatic N) is 2. The second-order valence-electron chi connectivity index (χ2n) is 6.30. The average molecular weight is 387 g/mol. The number of benzene rings is 1. The van der Waals surface area contributed by atoms with Crippen LogP contribution in [0.25, 0.3) is 22.2 Å². The summed E-state index contributed by atoms with van der Waals surface area (Å²) in [5.41, 5.74) is 2.01. The van der Waals surface area contributed by atoms with Crippen LogP contribution in [0.5, 0.6) is 5.75 Å². The highest BCUT2D eigenvalue weighted by molar-refractivity contribution is 5.97. The van der Waals surface area contributed by atoms with Crippen molar-refractivity contribution in [2.45, 2.75) is 6.54 Å². The largest absolute Gasteiger partial charge is 0.493 e. The molecule has 0 bridgehead atoms. The average Bonchev–Trinajstić information content (AvgIpc) is 2.77. The van der Waals surface area contributed by atoms with Gasteiger partial charge in [0.05, 0.1) is 12.8 Å². The molecule has 0 aliphatic heterocycles. The van der Waals surface area contributed by atoms with E-state index < -0.39 is 11.5 Å². The number of pyridine rings is 2. The highest BCUT2D eigenvalue weighted by Crippen LogP contribution is 2.24. The van der Waals surface area contributed by atoms with Gasteiger partial charge in [0.2, 0.25) is 0 Å². The van der Waals surface area contributed by atoms with Crippen molar-refractivity contribution < 1.29 is 13.9 Å². The smallest absolute Gasteiger partial charge is 0.349 e. The van der Waals surface area contributed by atoms with Crippen LogP contribution in [0.2, 0.25) is 0 Å². The molecule has 0 saturated heterocycles. The fourth-order valence-corrected chi connectivity index (χ4v) is 2.97. The number of methoxy groups -OCH3 is 1. The van der Waals surface area contributed by atoms with Gasteiger partial charge in [0.1, 0.15) is 5.56 Å². The quantitative estimate of drug-likeness (QED) is 0.529. The maximum atomic E-state index is 12.6. The number of fused-ring (bicyclic) bond motifs is 1. The van der Waals surface area contributed by atoms with Crippen molar-refractivity contribution in [3.8, 4) is 17.0 Å². The van der Waals surface area contributed by atoms with Gasteiger partial charge in [-0.1, -0.05) is 12.1 Å². The summed E-state index contributed by atoms with van der Waals surface area (Å²) < 4.78 is 10.5. The van der Waals surface area contributed by atoms with E-state index in [1.165, 1.54) is 13.2 Å². The molecule has 3 aromatic heterocycles. The Morgan fingerprint density at radius 3 is 2.83 bits per heavy atom. The molecule has 0 aliphatic rings. The monoisotopic (exact) mass is 387 g/mol. The molecule has 1 N–H and O–H groups in total. The van der Waals surface area contributed by atoms with E-state index >= 15 is 0 Å². The Morgan fingerprint density at radius 1 is 1.14 bits per heavy atom. The number of nitrogens with one attached hydrogen (secondary N) is 1. The zero-order valence-electron chi connectivity index (χ0n) is 15.6. The van der Waals surface area contributed by atoms with Gasteiger partial charge in [-0.2, -0.15) is 0 Å². The summed E-state index contributed by atoms with van der Waals surface area (Å²) in [6.07, 6.45) is 5.08. The van der Waals surface area contributed by atoms with Crippen molar-refractivity contribution in [1.82, 2.24) is 15.3 Å². The number of hydrogen-bond acceptors (Lipinski definition) is 6. The molecule has 29 heavy (non-hydrogen) atoms. The molecule has 1 amide bonds. The van der Waals surface area contributed by atoms with Gasteiger partial charge in [-0.05, 0) is 42.0 Å². The molecule has 4 rings (SSSR count). The second kappa shape index (κ2) is 7.93. The van der Waals surface area contributed by atoms with Crippen LogP contribution in [-0.2, 0) is 6.54 Å². The van der Waals surface area contributed by atoms with E-state index in [9.17, 15) is 9.59 Å². The van der Waals surface area contributed by atoms with E-state index in [0.717, 1.165) is 16.8 Å². The van der Waals surface area contributed by atoms with Gasteiger partial charge < -0.3 is 14.5 Å². The van der Waals surface area contributed by atoms with E-state index in [4.69, 9.17) is 9.15 Å². The maximum absolute atomic E-state index is 12.6. The Kier molecular flexibility index (Phi) is 5.03. The normalized spacial score (nSPS) is 10.7. The standard InChI is InChI=1S/C22H17N3O4/c1-28-19-6-2-4-15-11-17(22(27)29-20(15)19)21(26)25-12-14-7-9-24-18(10-14)16-5-3-8-23-13-16/h2-11,13H,12H2,1H3,(H,25,26). The lowest BCUT2D eigenvalue weighted by Gasteiger charge is -2.08. The third kappa shape index (κ3) is 3.84. The Bertz CT molecular complexity index is 1240. The minimum Gasteiger partial charge on any atom is -0.493 e. The first-order chi connectivity index (χ1) is 14.2. The molecule has 1 aromatic carbocycles. The molecule has 0 fully saturated rings. The minimum absolute atomic E-state index is 0.0627. The summed E-state index contributed by atoms with van der Waals surface area (Å²) in [6.45, 7) is 0.240. The number of para-hydroxylation sites is 1. The molecule has 7 nitrogen and oxygen atoms in total. The molecular weight excluding hydrogens is 370 g/mol. The van der Waals surface area contributed by atoms with Crippen LogP contribution in [0.1, 0.15) is 15.9 Å². The third-order valence-electron chi connectivity index (χ3n) is 4.42. The topological polar surface area (TPSA) is 94.3 Å². The summed E-state index contributed by atoms with van der Waals surface area (Å²) in [5, 5.41) is 3.36. The van der Waals surface area contributed by atoms with Crippen molar-refractivity contribution in [3.05, 3.63) is 88.7 Å². The fraction of sp³-hybridized carbons (Fsp3) is 0.0909. The third-order valence-corrected chi connectivity index (χ3v) is 4.42. The van der Waals surface area contributed by atoms with E-state index in [2.05, 4.69) is 15.3 Å². The SMILES string of the molecule is COc1cccc2cc(C(=O)NCc3ccnc(-c4cccnc4)c3)c(=O)oc12. The zero-order valence-corrected chi connectivity index (χ0v) is 15.6. The first-order valence-electron chi connectivity index (χ1n) is 8.90. The number of ether oxygens (including phenoxy) is 1. The lowest BCUT2D eigenvalue weighted by molar-refractivity contribution is 0.0947.